The number of rotatable bonds is 3. The molecule has 1 aromatic carbocycles. The summed E-state index contributed by atoms with van der Waals surface area (Å²) in [5.41, 5.74) is -3.16. The van der Waals surface area contributed by atoms with Crippen molar-refractivity contribution in [3.8, 4) is 6.07 Å². The van der Waals surface area contributed by atoms with Crippen molar-refractivity contribution in [1.29, 1.82) is 5.26 Å². The number of amides is 1. The van der Waals surface area contributed by atoms with E-state index in [9.17, 15) is 32.7 Å². The zero-order valence-corrected chi connectivity index (χ0v) is 15.8. The molecule has 1 amide bonds. The molecule has 2 N–H and O–H groups in total. The van der Waals surface area contributed by atoms with Crippen molar-refractivity contribution in [2.24, 2.45) is 5.41 Å². The van der Waals surface area contributed by atoms with Crippen LogP contribution in [-0.2, 0) is 21.1 Å². The summed E-state index contributed by atoms with van der Waals surface area (Å²) in [6, 6.07) is 6.97. The van der Waals surface area contributed by atoms with Crippen LogP contribution in [0.5, 0.6) is 0 Å². The predicted octanol–water partition coefficient (Wildman–Crippen LogP) is 2.91. The number of halogens is 4. The molecule has 5 atom stereocenters. The third-order valence-electron chi connectivity index (χ3n) is 6.74. The number of benzene rings is 1. The van der Waals surface area contributed by atoms with E-state index in [0.29, 0.717) is 11.6 Å². The second-order valence-electron chi connectivity index (χ2n) is 8.16. The Morgan fingerprint density at radius 3 is 2.77 bits per heavy atom. The highest BCUT2D eigenvalue weighted by Crippen LogP contribution is 2.77. The van der Waals surface area contributed by atoms with Crippen molar-refractivity contribution in [1.82, 2.24) is 4.98 Å². The van der Waals surface area contributed by atoms with E-state index in [1.165, 1.54) is 12.3 Å². The van der Waals surface area contributed by atoms with Gasteiger partial charge in [-0.2, -0.15) is 22.8 Å². The van der Waals surface area contributed by atoms with Crippen LogP contribution in [0, 0.1) is 22.7 Å². The van der Waals surface area contributed by atoms with Gasteiger partial charge >= 0.3 is 6.18 Å². The normalized spacial score (nSPS) is 33.0. The van der Waals surface area contributed by atoms with Crippen LogP contribution in [0.3, 0.4) is 0 Å². The van der Waals surface area contributed by atoms with Crippen LogP contribution in [0.15, 0.2) is 36.5 Å². The number of aliphatic hydroxyl groups excluding tert-OH is 1. The Kier molecular flexibility index (Phi) is 4.01. The summed E-state index contributed by atoms with van der Waals surface area (Å²) in [6.07, 6.45) is -5.26. The second-order valence-corrected chi connectivity index (χ2v) is 8.16. The fourth-order valence-electron chi connectivity index (χ4n) is 5.37. The van der Waals surface area contributed by atoms with E-state index < -0.39 is 52.7 Å². The largest absolute Gasteiger partial charge is 0.416 e. The molecule has 0 spiro atoms. The van der Waals surface area contributed by atoms with Crippen LogP contribution in [0.2, 0.25) is 0 Å². The van der Waals surface area contributed by atoms with Gasteiger partial charge in [0, 0.05) is 18.0 Å². The SMILES string of the molecule is N#Cc1ccc(C(F)(F)F)cc1NC(=O)C12CC1(c1ccnc(F)c1)C1OC2CC1O. The third kappa shape index (κ3) is 2.56. The van der Waals surface area contributed by atoms with Crippen molar-refractivity contribution in [2.75, 3.05) is 5.32 Å². The Balaban J connectivity index is 1.54. The lowest BCUT2D eigenvalue weighted by Crippen LogP contribution is -2.44. The number of carbonyl (C=O) groups excluding carboxylic acids is 1. The molecule has 3 heterocycles. The minimum absolute atomic E-state index is 0.122. The minimum atomic E-state index is -4.65. The third-order valence-corrected chi connectivity index (χ3v) is 6.74. The lowest BCUT2D eigenvalue weighted by molar-refractivity contribution is -0.137. The maximum atomic E-state index is 13.8. The van der Waals surface area contributed by atoms with E-state index in [0.717, 1.165) is 12.1 Å². The molecule has 5 rings (SSSR count). The number of nitriles is 1. The summed E-state index contributed by atoms with van der Waals surface area (Å²) in [4.78, 5) is 16.9. The number of aliphatic hydroxyl groups is 1. The molecule has 1 saturated carbocycles. The molecule has 5 unspecified atom stereocenters. The number of anilines is 1. The van der Waals surface area contributed by atoms with Crippen molar-refractivity contribution in [3.63, 3.8) is 0 Å². The van der Waals surface area contributed by atoms with Crippen molar-refractivity contribution >= 4 is 11.6 Å². The summed E-state index contributed by atoms with van der Waals surface area (Å²) >= 11 is 0. The Morgan fingerprint density at radius 1 is 1.32 bits per heavy atom. The summed E-state index contributed by atoms with van der Waals surface area (Å²) < 4.78 is 59.0. The summed E-state index contributed by atoms with van der Waals surface area (Å²) in [7, 11) is 0. The minimum Gasteiger partial charge on any atom is -0.390 e. The van der Waals surface area contributed by atoms with Crippen LogP contribution < -0.4 is 5.32 Å². The predicted molar refractivity (Wildman–Crippen MR) is 97.0 cm³/mol. The number of nitrogens with zero attached hydrogens (tertiary/aromatic N) is 2. The topological polar surface area (TPSA) is 95.2 Å². The zero-order valence-electron chi connectivity index (χ0n) is 15.8. The number of ether oxygens (including phenoxy) is 1. The van der Waals surface area contributed by atoms with E-state index in [1.54, 1.807) is 12.1 Å². The molecule has 2 aliphatic heterocycles. The Bertz CT molecular complexity index is 1150. The standard InChI is InChI=1S/C21H15F4N3O3/c22-16-6-11(3-4-27-16)19-9-20(19,15-7-14(29)17(19)31-15)18(30)28-13-5-12(21(23,24)25)2-1-10(13)8-26/h1-6,14-15,17,29H,7,9H2,(H,28,30). The van der Waals surface area contributed by atoms with Gasteiger partial charge < -0.3 is 15.2 Å². The zero-order chi connectivity index (χ0) is 22.2. The number of pyridine rings is 1. The van der Waals surface area contributed by atoms with Crippen LogP contribution in [0.4, 0.5) is 23.2 Å². The molecule has 6 nitrogen and oxygen atoms in total. The molecule has 31 heavy (non-hydrogen) atoms. The lowest BCUT2D eigenvalue weighted by atomic mass is 9.74. The van der Waals surface area contributed by atoms with Gasteiger partial charge in [0.1, 0.15) is 6.07 Å². The number of aromatic nitrogens is 1. The molecule has 3 fully saturated rings. The molecule has 2 saturated heterocycles. The van der Waals surface area contributed by atoms with E-state index >= 15 is 0 Å². The van der Waals surface area contributed by atoms with Gasteiger partial charge in [-0.1, -0.05) is 0 Å². The monoisotopic (exact) mass is 433 g/mol. The number of hydrogen-bond acceptors (Lipinski definition) is 5. The fourth-order valence-corrected chi connectivity index (χ4v) is 5.37. The van der Waals surface area contributed by atoms with Gasteiger partial charge in [-0.3, -0.25) is 4.79 Å². The van der Waals surface area contributed by atoms with Gasteiger partial charge in [0.15, 0.2) is 0 Å². The van der Waals surface area contributed by atoms with Crippen LogP contribution in [0.25, 0.3) is 0 Å². The van der Waals surface area contributed by atoms with Gasteiger partial charge in [0.05, 0.1) is 40.5 Å². The van der Waals surface area contributed by atoms with Gasteiger partial charge in [0.2, 0.25) is 11.9 Å². The van der Waals surface area contributed by atoms with Crippen molar-refractivity contribution in [2.45, 2.75) is 42.7 Å². The van der Waals surface area contributed by atoms with Crippen LogP contribution in [0.1, 0.15) is 29.5 Å². The van der Waals surface area contributed by atoms with Crippen molar-refractivity contribution < 1.29 is 32.2 Å². The first-order chi connectivity index (χ1) is 14.6. The molecule has 1 aromatic heterocycles. The molecule has 160 valence electrons. The Labute approximate surface area is 173 Å². The first-order valence-corrected chi connectivity index (χ1v) is 9.52. The molecule has 2 bridgehead atoms. The molecular formula is C21H15F4N3O3. The van der Waals surface area contributed by atoms with Crippen molar-refractivity contribution in [3.05, 3.63) is 59.2 Å². The number of nitrogens with one attached hydrogen (secondary N) is 1. The maximum Gasteiger partial charge on any atom is 0.416 e. The summed E-state index contributed by atoms with van der Waals surface area (Å²) in [5, 5.41) is 22.1. The number of carbonyl (C=O) groups is 1. The fraction of sp³-hybridized carbons (Fsp3) is 0.381. The lowest BCUT2D eigenvalue weighted by Gasteiger charge is -2.29. The molecule has 1 aliphatic carbocycles. The highest BCUT2D eigenvalue weighted by molar-refractivity contribution is 6.02. The molecule has 3 aliphatic rings. The highest BCUT2D eigenvalue weighted by Gasteiger charge is 2.87. The number of fused-ring (bicyclic) bond motifs is 5. The average Bonchev–Trinajstić information content (AvgIpc) is 3.21. The summed E-state index contributed by atoms with van der Waals surface area (Å²) in [5.74, 6) is -1.38. The quantitative estimate of drug-likeness (QED) is 0.573. The first kappa shape index (κ1) is 19.9. The van der Waals surface area contributed by atoms with Gasteiger partial charge in [0.25, 0.3) is 0 Å². The van der Waals surface area contributed by atoms with Crippen LogP contribution in [-0.4, -0.2) is 34.3 Å². The van der Waals surface area contributed by atoms with E-state index in [1.807, 2.05) is 0 Å². The maximum absolute atomic E-state index is 13.8. The van der Waals surface area contributed by atoms with Gasteiger partial charge in [-0.05, 0) is 42.3 Å². The Morgan fingerprint density at radius 2 is 2.10 bits per heavy atom. The number of alkyl halides is 3. The number of hydrogen-bond donors (Lipinski definition) is 2. The Hall–Kier alpha value is -3.03. The molecular weight excluding hydrogens is 418 g/mol. The van der Waals surface area contributed by atoms with Gasteiger partial charge in [-0.15, -0.1) is 0 Å². The van der Waals surface area contributed by atoms with Crippen LogP contribution >= 0.6 is 0 Å². The smallest absolute Gasteiger partial charge is 0.390 e. The first-order valence-electron chi connectivity index (χ1n) is 9.52. The molecule has 10 heteroatoms. The van der Waals surface area contributed by atoms with E-state index in [4.69, 9.17) is 4.74 Å². The average molecular weight is 433 g/mol. The second kappa shape index (κ2) is 6.24. The van der Waals surface area contributed by atoms with Gasteiger partial charge in [-0.25, -0.2) is 4.98 Å². The summed E-state index contributed by atoms with van der Waals surface area (Å²) in [6.45, 7) is 0. The molecule has 0 radical (unpaired) electrons. The highest BCUT2D eigenvalue weighted by atomic mass is 19.4. The van der Waals surface area contributed by atoms with E-state index in [-0.39, 0.29) is 24.1 Å². The molecule has 2 aromatic rings. The van der Waals surface area contributed by atoms with E-state index in [2.05, 4.69) is 10.3 Å².